The highest BCUT2D eigenvalue weighted by Gasteiger charge is 2.31. The van der Waals surface area contributed by atoms with E-state index >= 15 is 0 Å². The first kappa shape index (κ1) is 87.5. The smallest absolute Gasteiger partial charge is 0.118 e. The van der Waals surface area contributed by atoms with Crippen LogP contribution in [0.2, 0.25) is 0 Å². The fourth-order valence-corrected chi connectivity index (χ4v) is 21.3. The molecule has 0 saturated carbocycles. The van der Waals surface area contributed by atoms with Crippen LogP contribution in [-0.4, -0.2) is 14.2 Å². The van der Waals surface area contributed by atoms with Crippen molar-refractivity contribution in [2.24, 2.45) is 0 Å². The zero-order valence-corrected chi connectivity index (χ0v) is 79.8. The maximum absolute atomic E-state index is 5.81. The minimum atomic E-state index is -0.00412. The minimum Gasteiger partial charge on any atom is -0.497 e. The van der Waals surface area contributed by atoms with E-state index in [0.29, 0.717) is 0 Å². The molecule has 0 unspecified atom stereocenters. The lowest BCUT2D eigenvalue weighted by atomic mass is 9.76. The number of hydrogen-bond acceptors (Lipinski definition) is 2. The molecule has 0 saturated heterocycles. The second kappa shape index (κ2) is 37.8. The van der Waals surface area contributed by atoms with Crippen molar-refractivity contribution in [1.82, 2.24) is 0 Å². The first-order chi connectivity index (χ1) is 69.4. The number of hydrogen-bond donors (Lipinski definition) is 0. The van der Waals surface area contributed by atoms with Crippen molar-refractivity contribution in [2.75, 3.05) is 14.2 Å². The third-order valence-electron chi connectivity index (χ3n) is 28.4. The molecule has 2 nitrogen and oxygen atoms in total. The lowest BCUT2D eigenvalue weighted by Crippen LogP contribution is -2.10. The van der Waals surface area contributed by atoms with Gasteiger partial charge in [0.2, 0.25) is 0 Å². The number of fused-ring (bicyclic) bond motifs is 6. The molecule has 0 aromatic heterocycles. The first-order valence-electron chi connectivity index (χ1n) is 48.8. The largest absolute Gasteiger partial charge is 0.497 e. The van der Waals surface area contributed by atoms with Crippen LogP contribution in [0.5, 0.6) is 11.5 Å². The van der Waals surface area contributed by atoms with E-state index in [1.54, 1.807) is 14.2 Å². The molecule has 0 amide bonds. The van der Waals surface area contributed by atoms with Gasteiger partial charge >= 0.3 is 0 Å². The predicted octanol–water partition coefficient (Wildman–Crippen LogP) is 38.6. The number of benzene rings is 24. The van der Waals surface area contributed by atoms with E-state index in [1.165, 1.54) is 220 Å². The minimum absolute atomic E-state index is 0.00412. The quantitative estimate of drug-likeness (QED) is 0.0797. The SMILES string of the molecule is COc1ccc(-c2c3cc(-c4ccccc4)ccc3c(-c3ccc(-c4ccccc4)cc3)c3c(-c4ccc(OC)cc4)c4cc(-c5ccccc5)ccc4c(-c4ccc(-c5ccccc5)cc4)c23)cc1.Cc1ccc(-c2c3cc(-c4ccccc4)ccc3c(-c3ccc(-c4ccccc4)cc3)c3c(-c4ccc(C(C)(C)C)cc4)c4cc(-c5ccccc5)ccc4c(-c4ccc(-c5ccccc5)cc4)c23)cc1. The normalized spacial score (nSPS) is 11.5. The van der Waals surface area contributed by atoms with Crippen molar-refractivity contribution in [1.29, 1.82) is 0 Å². The Morgan fingerprint density at radius 2 is 0.291 bits per heavy atom. The van der Waals surface area contributed by atoms with E-state index in [2.05, 4.69) is 537 Å². The van der Waals surface area contributed by atoms with Gasteiger partial charge < -0.3 is 9.47 Å². The first-order valence-corrected chi connectivity index (χ1v) is 48.8. The van der Waals surface area contributed by atoms with Crippen LogP contribution in [0.1, 0.15) is 31.9 Å². The van der Waals surface area contributed by atoms with E-state index in [4.69, 9.17) is 9.47 Å². The third kappa shape index (κ3) is 16.9. The topological polar surface area (TPSA) is 18.5 Å². The standard InChI is InChI=1S/C71H54.C68H48O2/c1-47-25-27-54(28-26-47)67-63-45-58(50-21-13-7-14-22-50)39-43-61(63)66(56-35-31-53(32-36-56)49-19-11-6-12-20-49)70-68(57-37-41-60(42-38-57)71(2,3)4)64-46-59(51-23-15-8-16-24-51)40-44-62(64)65(69(67)70)55-33-29-52(30-34-55)48-17-9-5-10-18-48;1-69-57-37-31-53(32-38-57)65-61-43-55(47-19-11-5-12-20-47)35-41-59(61)64(52-29-25-50(26-30-52)46-17-9-4-10-18-46)68-66(54-33-39-58(70-2)40-34-54)62-44-56(48-21-13-6-14-22-48)36-42-60(62)63(67(65)68)51-27-23-49(24-28-51)45-15-7-3-8-16-45/h5-46H,1-4H3;3-44H,1-2H3. The molecule has 0 spiro atoms. The Balaban J connectivity index is 0.000000157. The maximum Gasteiger partial charge on any atom is 0.118 e. The second-order valence-corrected chi connectivity index (χ2v) is 37.9. The average Bonchev–Trinajstić information content (AvgIpc) is 0.696. The molecule has 0 heterocycles. The molecule has 0 aliphatic carbocycles. The van der Waals surface area contributed by atoms with Gasteiger partial charge in [-0.3, -0.25) is 0 Å². The summed E-state index contributed by atoms with van der Waals surface area (Å²) >= 11 is 0. The molecule has 0 aliphatic heterocycles. The highest BCUT2D eigenvalue weighted by Crippen LogP contribution is 2.59. The highest BCUT2D eigenvalue weighted by molar-refractivity contribution is 6.36. The molecule has 670 valence electrons. The van der Waals surface area contributed by atoms with E-state index in [9.17, 15) is 0 Å². The van der Waals surface area contributed by atoms with Gasteiger partial charge in [-0.25, -0.2) is 0 Å². The van der Waals surface area contributed by atoms with Gasteiger partial charge in [-0.05, 0) is 309 Å². The summed E-state index contributed by atoms with van der Waals surface area (Å²) in [6.45, 7) is 9.10. The maximum atomic E-state index is 5.81. The van der Waals surface area contributed by atoms with E-state index in [0.717, 1.165) is 44.9 Å². The summed E-state index contributed by atoms with van der Waals surface area (Å²) in [6.07, 6.45) is 0. The molecule has 2 heteroatoms. The molecule has 0 N–H and O–H groups in total. The van der Waals surface area contributed by atoms with Crippen molar-refractivity contribution in [2.45, 2.75) is 33.1 Å². The van der Waals surface area contributed by atoms with E-state index in [-0.39, 0.29) is 5.41 Å². The third-order valence-corrected chi connectivity index (χ3v) is 28.4. The van der Waals surface area contributed by atoms with Crippen LogP contribution in [0.4, 0.5) is 0 Å². The fourth-order valence-electron chi connectivity index (χ4n) is 21.3. The van der Waals surface area contributed by atoms with Gasteiger partial charge in [0.1, 0.15) is 11.5 Å². The lowest BCUT2D eigenvalue weighted by Gasteiger charge is -2.26. The van der Waals surface area contributed by atoms with Crippen molar-refractivity contribution in [3.05, 3.63) is 521 Å². The molecule has 141 heavy (non-hydrogen) atoms. The summed E-state index contributed by atoms with van der Waals surface area (Å²) in [4.78, 5) is 0. The van der Waals surface area contributed by atoms with Crippen LogP contribution < -0.4 is 9.47 Å². The summed E-state index contributed by atoms with van der Waals surface area (Å²) in [6, 6.07) is 188. The van der Waals surface area contributed by atoms with Gasteiger partial charge in [0.05, 0.1) is 14.2 Å². The van der Waals surface area contributed by atoms with Gasteiger partial charge in [-0.15, -0.1) is 0 Å². The second-order valence-electron chi connectivity index (χ2n) is 37.9. The lowest BCUT2D eigenvalue weighted by molar-refractivity contribution is 0.415. The van der Waals surface area contributed by atoms with Crippen molar-refractivity contribution in [3.8, 4) is 190 Å². The van der Waals surface area contributed by atoms with Gasteiger partial charge in [-0.1, -0.05) is 487 Å². The van der Waals surface area contributed by atoms with Crippen molar-refractivity contribution in [3.63, 3.8) is 0 Å². The van der Waals surface area contributed by atoms with E-state index < -0.39 is 0 Å². The van der Waals surface area contributed by atoms with Crippen LogP contribution in [-0.2, 0) is 5.41 Å². The zero-order valence-electron chi connectivity index (χ0n) is 79.8. The van der Waals surface area contributed by atoms with Crippen LogP contribution in [0.3, 0.4) is 0 Å². The summed E-state index contributed by atoms with van der Waals surface area (Å²) in [5, 5.41) is 14.4. The molecule has 0 fully saturated rings. The zero-order chi connectivity index (χ0) is 95.0. The molecule has 0 aliphatic rings. The Bertz CT molecular complexity index is 8450. The Kier molecular flexibility index (Phi) is 23.5. The van der Waals surface area contributed by atoms with E-state index in [1.807, 2.05) is 0 Å². The highest BCUT2D eigenvalue weighted by atomic mass is 16.5. The Morgan fingerprint density at radius 3 is 0.482 bits per heavy atom. The van der Waals surface area contributed by atoms with Gasteiger partial charge in [0, 0.05) is 0 Å². The molecule has 24 aromatic rings. The number of aryl methyl sites for hydroxylation is 1. The number of methoxy groups -OCH3 is 2. The Hall–Kier alpha value is -17.6. The number of rotatable bonds is 18. The van der Waals surface area contributed by atoms with Gasteiger partial charge in [0.25, 0.3) is 0 Å². The Morgan fingerprint density at radius 1 is 0.142 bits per heavy atom. The summed E-state index contributed by atoms with van der Waals surface area (Å²) in [5.41, 5.74) is 40.4. The molecule has 0 radical (unpaired) electrons. The molecule has 0 atom stereocenters. The summed E-state index contributed by atoms with van der Waals surface area (Å²) < 4.78 is 11.6. The fraction of sp³-hybridized carbons (Fsp3) is 0.0504. The van der Waals surface area contributed by atoms with Crippen LogP contribution in [0.15, 0.2) is 510 Å². The predicted molar refractivity (Wildman–Crippen MR) is 601 cm³/mol. The summed E-state index contributed by atoms with van der Waals surface area (Å²) in [7, 11) is 3.47. The molecular formula is C139H102O2. The Labute approximate surface area is 825 Å². The van der Waals surface area contributed by atoms with Crippen LogP contribution >= 0.6 is 0 Å². The molecular weight excluding hydrogens is 1700 g/mol. The average molecular weight is 1800 g/mol. The van der Waals surface area contributed by atoms with Crippen LogP contribution in [0.25, 0.3) is 243 Å². The number of ether oxygens (including phenoxy) is 2. The van der Waals surface area contributed by atoms with Crippen LogP contribution in [0, 0.1) is 6.92 Å². The summed E-state index contributed by atoms with van der Waals surface area (Å²) in [5.74, 6) is 1.62. The van der Waals surface area contributed by atoms with Crippen molar-refractivity contribution >= 4 is 64.6 Å². The molecule has 24 aromatic carbocycles. The monoisotopic (exact) mass is 1800 g/mol. The molecule has 24 rings (SSSR count). The van der Waals surface area contributed by atoms with Crippen molar-refractivity contribution < 1.29 is 9.47 Å². The van der Waals surface area contributed by atoms with Gasteiger partial charge in [0.15, 0.2) is 0 Å². The molecule has 0 bridgehead atoms. The van der Waals surface area contributed by atoms with Gasteiger partial charge in [-0.2, -0.15) is 0 Å².